The number of hydrogen-bond acceptors (Lipinski definition) is 5. The molecule has 1 unspecified atom stereocenters. The number of hydrogen-bond donors (Lipinski definition) is 1. The van der Waals surface area contributed by atoms with Gasteiger partial charge in [0.15, 0.2) is 0 Å². The number of rotatable bonds is 6. The lowest BCUT2D eigenvalue weighted by atomic mass is 10.2. The molecule has 2 aliphatic rings. The first-order valence-corrected chi connectivity index (χ1v) is 9.69. The Bertz CT molecular complexity index is 884. The van der Waals surface area contributed by atoms with Gasteiger partial charge in [-0.15, -0.1) is 0 Å². The molecular weight excluding hydrogens is 342 g/mol. The van der Waals surface area contributed by atoms with Crippen molar-refractivity contribution in [3.05, 3.63) is 52.1 Å². The second-order valence-electron chi connectivity index (χ2n) is 7.43. The molecule has 1 aliphatic heterocycles. The molecule has 27 heavy (non-hydrogen) atoms. The Morgan fingerprint density at radius 2 is 2.04 bits per heavy atom. The Morgan fingerprint density at radius 3 is 2.78 bits per heavy atom. The molecule has 1 saturated heterocycles. The Morgan fingerprint density at radius 1 is 1.26 bits per heavy atom. The van der Waals surface area contributed by atoms with Crippen LogP contribution in [0.3, 0.4) is 0 Å². The summed E-state index contributed by atoms with van der Waals surface area (Å²) >= 11 is 0. The smallest absolute Gasteiger partial charge is 0.267 e. The lowest BCUT2D eigenvalue weighted by Gasteiger charge is -2.18. The van der Waals surface area contributed by atoms with E-state index in [9.17, 15) is 9.59 Å². The topological polar surface area (TPSA) is 80.1 Å². The maximum atomic E-state index is 12.6. The van der Waals surface area contributed by atoms with Gasteiger partial charge in [0.1, 0.15) is 11.9 Å². The second kappa shape index (κ2) is 7.50. The van der Waals surface area contributed by atoms with Crippen LogP contribution in [0.1, 0.15) is 55.8 Å². The van der Waals surface area contributed by atoms with Gasteiger partial charge in [-0.1, -0.05) is 0 Å². The first-order chi connectivity index (χ1) is 13.1. The van der Waals surface area contributed by atoms with Crippen LogP contribution in [0.2, 0.25) is 0 Å². The van der Waals surface area contributed by atoms with Gasteiger partial charge in [-0.2, -0.15) is 5.10 Å². The molecule has 4 rings (SSSR count). The van der Waals surface area contributed by atoms with E-state index >= 15 is 0 Å². The first-order valence-electron chi connectivity index (χ1n) is 9.69. The molecule has 3 heterocycles. The molecule has 1 N–H and O–H groups in total. The molecule has 2 aromatic heterocycles. The highest BCUT2D eigenvalue weighted by atomic mass is 16.2. The number of nitrogens with one attached hydrogen (secondary N) is 1. The molecule has 2 aromatic rings. The van der Waals surface area contributed by atoms with E-state index < -0.39 is 6.04 Å². The van der Waals surface area contributed by atoms with Crippen molar-refractivity contribution in [3.63, 3.8) is 0 Å². The molecule has 7 heteroatoms. The summed E-state index contributed by atoms with van der Waals surface area (Å²) in [4.78, 5) is 31.4. The Kier molecular flexibility index (Phi) is 4.92. The summed E-state index contributed by atoms with van der Waals surface area (Å²) in [5.74, 6) is 1.19. The predicted molar refractivity (Wildman–Crippen MR) is 103 cm³/mol. The molecule has 0 aromatic carbocycles. The fourth-order valence-electron chi connectivity index (χ4n) is 3.45. The molecule has 0 radical (unpaired) electrons. The number of carbonyl (C=O) groups excluding carboxylic acids is 1. The van der Waals surface area contributed by atoms with E-state index in [4.69, 9.17) is 0 Å². The van der Waals surface area contributed by atoms with Gasteiger partial charge >= 0.3 is 0 Å². The standard InChI is InChI=1S/C20H25N5O2/c1-14(25-19(26)7-6-17(23-25)16-4-5-16)20(27)22-13-15-8-9-21-18(12-15)24-10-2-3-11-24/h6-9,12,14,16H,2-5,10-11,13H2,1H3,(H,22,27). The van der Waals surface area contributed by atoms with Gasteiger partial charge in [0.25, 0.3) is 5.56 Å². The monoisotopic (exact) mass is 367 g/mol. The third kappa shape index (κ3) is 4.02. The normalized spacial score (nSPS) is 17.7. The van der Waals surface area contributed by atoms with Crippen LogP contribution in [0.15, 0.2) is 35.3 Å². The van der Waals surface area contributed by atoms with Gasteiger partial charge < -0.3 is 10.2 Å². The van der Waals surface area contributed by atoms with E-state index in [1.54, 1.807) is 19.2 Å². The van der Waals surface area contributed by atoms with Crippen LogP contribution in [0.4, 0.5) is 5.82 Å². The van der Waals surface area contributed by atoms with Gasteiger partial charge in [-0.25, -0.2) is 9.67 Å². The lowest BCUT2D eigenvalue weighted by molar-refractivity contribution is -0.124. The van der Waals surface area contributed by atoms with Crippen molar-refractivity contribution in [2.24, 2.45) is 0 Å². The van der Waals surface area contributed by atoms with Gasteiger partial charge in [0.2, 0.25) is 5.91 Å². The molecule has 7 nitrogen and oxygen atoms in total. The van der Waals surface area contributed by atoms with Crippen LogP contribution in [0.25, 0.3) is 0 Å². The van der Waals surface area contributed by atoms with Crippen molar-refractivity contribution in [2.75, 3.05) is 18.0 Å². The average Bonchev–Trinajstić information content (AvgIpc) is 3.39. The number of carbonyl (C=O) groups is 1. The van der Waals surface area contributed by atoms with Crippen LogP contribution < -0.4 is 15.8 Å². The van der Waals surface area contributed by atoms with Gasteiger partial charge in [-0.05, 0) is 56.4 Å². The van der Waals surface area contributed by atoms with Crippen LogP contribution in [-0.2, 0) is 11.3 Å². The zero-order valence-corrected chi connectivity index (χ0v) is 15.6. The maximum Gasteiger partial charge on any atom is 0.267 e. The van der Waals surface area contributed by atoms with Crippen LogP contribution in [-0.4, -0.2) is 33.8 Å². The molecule has 0 bridgehead atoms. The van der Waals surface area contributed by atoms with E-state index in [1.165, 1.54) is 23.6 Å². The minimum atomic E-state index is -0.643. The lowest BCUT2D eigenvalue weighted by Crippen LogP contribution is -2.37. The van der Waals surface area contributed by atoms with Crippen LogP contribution in [0.5, 0.6) is 0 Å². The predicted octanol–water partition coefficient (Wildman–Crippen LogP) is 1.99. The summed E-state index contributed by atoms with van der Waals surface area (Å²) in [6, 6.07) is 6.57. The summed E-state index contributed by atoms with van der Waals surface area (Å²) in [6.07, 6.45) is 6.38. The van der Waals surface area contributed by atoms with E-state index in [0.29, 0.717) is 12.5 Å². The minimum Gasteiger partial charge on any atom is -0.357 e. The average molecular weight is 367 g/mol. The first kappa shape index (κ1) is 17.7. The summed E-state index contributed by atoms with van der Waals surface area (Å²) in [7, 11) is 0. The van der Waals surface area contributed by atoms with E-state index in [2.05, 4.69) is 20.3 Å². The molecular formula is C20H25N5O2. The van der Waals surface area contributed by atoms with E-state index in [1.807, 2.05) is 12.1 Å². The highest BCUT2D eigenvalue weighted by Crippen LogP contribution is 2.38. The summed E-state index contributed by atoms with van der Waals surface area (Å²) in [5.41, 5.74) is 1.65. The third-order valence-electron chi connectivity index (χ3n) is 5.29. The number of amides is 1. The molecule has 1 amide bonds. The van der Waals surface area contributed by atoms with Crippen molar-refractivity contribution in [1.82, 2.24) is 20.1 Å². The maximum absolute atomic E-state index is 12.6. The Balaban J connectivity index is 1.41. The number of nitrogens with zero attached hydrogens (tertiary/aromatic N) is 4. The second-order valence-corrected chi connectivity index (χ2v) is 7.43. The molecule has 1 saturated carbocycles. The van der Waals surface area contributed by atoms with E-state index in [-0.39, 0.29) is 11.5 Å². The fourth-order valence-corrected chi connectivity index (χ4v) is 3.45. The van der Waals surface area contributed by atoms with Gasteiger partial charge in [0, 0.05) is 37.8 Å². The number of pyridine rings is 1. The third-order valence-corrected chi connectivity index (χ3v) is 5.29. The highest BCUT2D eigenvalue weighted by molar-refractivity contribution is 5.79. The van der Waals surface area contributed by atoms with Gasteiger partial charge in [-0.3, -0.25) is 9.59 Å². The van der Waals surface area contributed by atoms with Gasteiger partial charge in [0.05, 0.1) is 5.69 Å². The zero-order valence-electron chi connectivity index (χ0n) is 15.6. The van der Waals surface area contributed by atoms with Crippen molar-refractivity contribution < 1.29 is 4.79 Å². The minimum absolute atomic E-state index is 0.211. The quantitative estimate of drug-likeness (QED) is 0.845. The Hall–Kier alpha value is -2.70. The molecule has 142 valence electrons. The number of anilines is 1. The number of aromatic nitrogens is 3. The van der Waals surface area contributed by atoms with Crippen LogP contribution in [0, 0.1) is 0 Å². The molecule has 1 aliphatic carbocycles. The summed E-state index contributed by atoms with van der Waals surface area (Å²) < 4.78 is 1.30. The summed E-state index contributed by atoms with van der Waals surface area (Å²) in [5, 5.41) is 7.32. The summed E-state index contributed by atoms with van der Waals surface area (Å²) in [6.45, 7) is 4.18. The van der Waals surface area contributed by atoms with Crippen molar-refractivity contribution >= 4 is 11.7 Å². The van der Waals surface area contributed by atoms with E-state index in [0.717, 1.165) is 43.0 Å². The van der Waals surface area contributed by atoms with Crippen LogP contribution >= 0.6 is 0 Å². The highest BCUT2D eigenvalue weighted by Gasteiger charge is 2.27. The Labute approximate surface area is 158 Å². The zero-order chi connectivity index (χ0) is 18.8. The van der Waals surface area contributed by atoms with Crippen molar-refractivity contribution in [3.8, 4) is 0 Å². The van der Waals surface area contributed by atoms with Crippen molar-refractivity contribution in [1.29, 1.82) is 0 Å². The largest absolute Gasteiger partial charge is 0.357 e. The molecule has 2 fully saturated rings. The SMILES string of the molecule is CC(C(=O)NCc1ccnc(N2CCCC2)c1)n1nc(C2CC2)ccc1=O. The molecule has 1 atom stereocenters. The van der Waals surface area contributed by atoms with Crippen molar-refractivity contribution in [2.45, 2.75) is 51.1 Å². The fraction of sp³-hybridized carbons (Fsp3) is 0.500. The molecule has 0 spiro atoms.